The van der Waals surface area contributed by atoms with Crippen LogP contribution in [0.15, 0.2) is 16.6 Å². The first-order valence-corrected chi connectivity index (χ1v) is 6.14. The number of hydrogen-bond acceptors (Lipinski definition) is 2. The van der Waals surface area contributed by atoms with E-state index < -0.39 is 5.97 Å². The van der Waals surface area contributed by atoms with Crippen LogP contribution in [0.25, 0.3) is 0 Å². The second kappa shape index (κ2) is 4.49. The molecule has 1 heterocycles. The number of carboxylic acids is 1. The third-order valence-electron chi connectivity index (χ3n) is 2.90. The Hall–Kier alpha value is -1.36. The predicted octanol–water partition coefficient (Wildman–Crippen LogP) is 2.45. The van der Waals surface area contributed by atoms with Crippen molar-refractivity contribution in [1.82, 2.24) is 0 Å². The number of carboxylic acid groups (broad SMARTS) is 1. The first-order valence-electron chi connectivity index (χ1n) is 5.34. The van der Waals surface area contributed by atoms with Crippen LogP contribution in [0.4, 0.5) is 5.69 Å². The smallest absolute Gasteiger partial charge is 0.336 e. The maximum atomic E-state index is 11.5. The number of fused-ring (bicyclic) bond motifs is 1. The monoisotopic (exact) mass is 297 g/mol. The Bertz CT molecular complexity index is 499. The van der Waals surface area contributed by atoms with Gasteiger partial charge in [0.25, 0.3) is 0 Å². The summed E-state index contributed by atoms with van der Waals surface area (Å²) in [5.41, 5.74) is 1.93. The van der Waals surface area contributed by atoms with E-state index in [1.807, 2.05) is 0 Å². The molecule has 0 fully saturated rings. The van der Waals surface area contributed by atoms with Gasteiger partial charge >= 0.3 is 5.97 Å². The molecule has 0 aromatic heterocycles. The van der Waals surface area contributed by atoms with Crippen molar-refractivity contribution in [3.63, 3.8) is 0 Å². The molecule has 0 aliphatic carbocycles. The van der Waals surface area contributed by atoms with Crippen LogP contribution >= 0.6 is 15.9 Å². The molecule has 1 aromatic carbocycles. The van der Waals surface area contributed by atoms with E-state index in [0.29, 0.717) is 11.0 Å². The van der Waals surface area contributed by atoms with Crippen LogP contribution in [0.1, 0.15) is 29.3 Å². The van der Waals surface area contributed by atoms with Crippen molar-refractivity contribution >= 4 is 33.5 Å². The molecule has 0 radical (unpaired) electrons. The fourth-order valence-corrected chi connectivity index (χ4v) is 2.65. The summed E-state index contributed by atoms with van der Waals surface area (Å²) in [4.78, 5) is 24.2. The minimum Gasteiger partial charge on any atom is -0.478 e. The van der Waals surface area contributed by atoms with E-state index in [0.717, 1.165) is 24.1 Å². The van der Waals surface area contributed by atoms with Crippen molar-refractivity contribution in [3.05, 3.63) is 27.7 Å². The van der Waals surface area contributed by atoms with Crippen molar-refractivity contribution in [2.45, 2.75) is 19.8 Å². The Labute approximate surface area is 107 Å². The summed E-state index contributed by atoms with van der Waals surface area (Å²) in [5.74, 6) is -1.04. The molecule has 17 heavy (non-hydrogen) atoms. The van der Waals surface area contributed by atoms with Gasteiger partial charge in [0.2, 0.25) is 5.91 Å². The van der Waals surface area contributed by atoms with Crippen molar-refractivity contribution in [1.29, 1.82) is 0 Å². The molecule has 2 rings (SSSR count). The van der Waals surface area contributed by atoms with Gasteiger partial charge in [-0.15, -0.1) is 0 Å². The Balaban J connectivity index is 2.56. The number of nitrogens with zero attached hydrogens (tertiary/aromatic N) is 1. The van der Waals surface area contributed by atoms with E-state index in [2.05, 4.69) is 15.9 Å². The Morgan fingerprint density at radius 2 is 2.12 bits per heavy atom. The molecule has 0 spiro atoms. The van der Waals surface area contributed by atoms with E-state index in [9.17, 15) is 9.59 Å². The van der Waals surface area contributed by atoms with Crippen LogP contribution in [-0.2, 0) is 11.2 Å². The van der Waals surface area contributed by atoms with Gasteiger partial charge in [-0.1, -0.05) is 0 Å². The summed E-state index contributed by atoms with van der Waals surface area (Å²) < 4.78 is 0.564. The molecule has 1 aliphatic rings. The lowest BCUT2D eigenvalue weighted by Crippen LogP contribution is -2.33. The van der Waals surface area contributed by atoms with Gasteiger partial charge in [-0.05, 0) is 46.5 Å². The van der Waals surface area contributed by atoms with Gasteiger partial charge in [-0.25, -0.2) is 4.79 Å². The number of carbonyl (C=O) groups is 2. The minimum absolute atomic E-state index is 0.0513. The van der Waals surface area contributed by atoms with Crippen LogP contribution in [-0.4, -0.2) is 23.5 Å². The van der Waals surface area contributed by atoms with E-state index in [-0.39, 0.29) is 11.5 Å². The third kappa shape index (κ3) is 2.20. The Morgan fingerprint density at radius 3 is 2.71 bits per heavy atom. The topological polar surface area (TPSA) is 57.6 Å². The zero-order valence-electron chi connectivity index (χ0n) is 9.36. The number of rotatable bonds is 1. The zero-order chi connectivity index (χ0) is 12.6. The molecule has 1 N–H and O–H groups in total. The molecule has 0 atom stereocenters. The quantitative estimate of drug-likeness (QED) is 0.866. The lowest BCUT2D eigenvalue weighted by molar-refractivity contribution is -0.116. The number of carbonyl (C=O) groups excluding carboxylic acids is 1. The number of hydrogen-bond donors (Lipinski definition) is 1. The van der Waals surface area contributed by atoms with Crippen molar-refractivity contribution < 1.29 is 14.7 Å². The number of aromatic carboxylic acids is 1. The van der Waals surface area contributed by atoms with Crippen LogP contribution in [0, 0.1) is 0 Å². The predicted molar refractivity (Wildman–Crippen MR) is 67.4 cm³/mol. The molecule has 0 saturated carbocycles. The minimum atomic E-state index is -0.992. The first kappa shape index (κ1) is 12.1. The second-order valence-corrected chi connectivity index (χ2v) is 4.89. The molecular formula is C12H12BrNO3. The number of halogens is 1. The molecule has 1 amide bonds. The number of benzene rings is 1. The van der Waals surface area contributed by atoms with Crippen LogP contribution in [0.3, 0.4) is 0 Å². The summed E-state index contributed by atoms with van der Waals surface area (Å²) in [6.45, 7) is 2.15. The summed E-state index contributed by atoms with van der Waals surface area (Å²) in [6, 6.07) is 3.37. The summed E-state index contributed by atoms with van der Waals surface area (Å²) >= 11 is 3.25. The van der Waals surface area contributed by atoms with E-state index in [1.54, 1.807) is 17.0 Å². The van der Waals surface area contributed by atoms with E-state index >= 15 is 0 Å². The van der Waals surface area contributed by atoms with Gasteiger partial charge < -0.3 is 10.0 Å². The van der Waals surface area contributed by atoms with Gasteiger partial charge in [0.15, 0.2) is 0 Å². The molecule has 0 saturated heterocycles. The van der Waals surface area contributed by atoms with Gasteiger partial charge in [0, 0.05) is 23.6 Å². The maximum Gasteiger partial charge on any atom is 0.336 e. The van der Waals surface area contributed by atoms with Crippen LogP contribution < -0.4 is 4.90 Å². The maximum absolute atomic E-state index is 11.5. The highest BCUT2D eigenvalue weighted by molar-refractivity contribution is 9.10. The average Bonchev–Trinajstić information content (AvgIpc) is 2.26. The van der Waals surface area contributed by atoms with Crippen LogP contribution in [0.5, 0.6) is 0 Å². The highest BCUT2D eigenvalue weighted by Crippen LogP contribution is 2.32. The van der Waals surface area contributed by atoms with Crippen molar-refractivity contribution in [2.24, 2.45) is 0 Å². The van der Waals surface area contributed by atoms with Gasteiger partial charge in [0.1, 0.15) is 0 Å². The second-order valence-electron chi connectivity index (χ2n) is 4.04. The Morgan fingerprint density at radius 1 is 1.41 bits per heavy atom. The van der Waals surface area contributed by atoms with Crippen molar-refractivity contribution in [3.8, 4) is 0 Å². The lowest BCUT2D eigenvalue weighted by Gasteiger charge is -2.29. The lowest BCUT2D eigenvalue weighted by atomic mass is 9.99. The highest BCUT2D eigenvalue weighted by atomic mass is 79.9. The standard InChI is InChI=1S/C12H12BrNO3/c1-7(15)14-4-2-3-8-5-10(13)9(12(16)17)6-11(8)14/h5-6H,2-4H2,1H3,(H,16,17). The number of amides is 1. The fraction of sp³-hybridized carbons (Fsp3) is 0.333. The molecule has 1 aromatic rings. The largest absolute Gasteiger partial charge is 0.478 e. The zero-order valence-corrected chi connectivity index (χ0v) is 11.0. The molecule has 0 unspecified atom stereocenters. The van der Waals surface area contributed by atoms with Gasteiger partial charge in [-0.2, -0.15) is 0 Å². The molecule has 90 valence electrons. The molecular weight excluding hydrogens is 286 g/mol. The van der Waals surface area contributed by atoms with Gasteiger partial charge in [0.05, 0.1) is 5.56 Å². The molecule has 5 heteroatoms. The molecule has 0 bridgehead atoms. The van der Waals surface area contributed by atoms with E-state index in [1.165, 1.54) is 6.92 Å². The SMILES string of the molecule is CC(=O)N1CCCc2cc(Br)c(C(=O)O)cc21. The number of aryl methyl sites for hydroxylation is 1. The third-order valence-corrected chi connectivity index (χ3v) is 3.55. The van der Waals surface area contributed by atoms with Gasteiger partial charge in [-0.3, -0.25) is 4.79 Å². The summed E-state index contributed by atoms with van der Waals surface area (Å²) in [7, 11) is 0. The fourth-order valence-electron chi connectivity index (χ4n) is 2.09. The Kier molecular flexibility index (Phi) is 3.19. The average molecular weight is 298 g/mol. The van der Waals surface area contributed by atoms with Crippen molar-refractivity contribution in [2.75, 3.05) is 11.4 Å². The molecule has 4 nitrogen and oxygen atoms in total. The molecule has 1 aliphatic heterocycles. The first-order chi connectivity index (χ1) is 8.00. The van der Waals surface area contributed by atoms with E-state index in [4.69, 9.17) is 5.11 Å². The highest BCUT2D eigenvalue weighted by Gasteiger charge is 2.23. The summed E-state index contributed by atoms with van der Waals surface area (Å²) in [6.07, 6.45) is 1.78. The number of anilines is 1. The summed E-state index contributed by atoms with van der Waals surface area (Å²) in [5, 5.41) is 9.06. The van der Waals surface area contributed by atoms with Crippen LogP contribution in [0.2, 0.25) is 0 Å². The normalized spacial score (nSPS) is 14.4.